The van der Waals surface area contributed by atoms with Gasteiger partial charge in [-0.25, -0.2) is 4.68 Å². The summed E-state index contributed by atoms with van der Waals surface area (Å²) in [6, 6.07) is 11.1. The quantitative estimate of drug-likeness (QED) is 0.402. The fourth-order valence-corrected chi connectivity index (χ4v) is 2.63. The van der Waals surface area contributed by atoms with Crippen molar-refractivity contribution in [2.45, 2.75) is 12.3 Å². The highest BCUT2D eigenvalue weighted by atomic mass is 19.4. The number of nitrogens with zero attached hydrogens (tertiary/aromatic N) is 3. The van der Waals surface area contributed by atoms with E-state index in [9.17, 15) is 33.2 Å². The summed E-state index contributed by atoms with van der Waals surface area (Å²) >= 11 is 0. The summed E-state index contributed by atoms with van der Waals surface area (Å²) in [5, 5.41) is 27.3. The molecule has 1 heterocycles. The van der Waals surface area contributed by atoms with Gasteiger partial charge >= 0.3 is 6.18 Å². The standard InChI is InChI=1S/C20H17F3N4O5/c21-20(22,23)13-4-6-17(7-5-13)32-12-16(28)11-24-19(29)18-8-9-26(25-18)14-2-1-3-15(10-14)27(30)31/h1-10,16,28H,11-12H2,(H,24,29). The Hall–Kier alpha value is -3.93. The van der Waals surface area contributed by atoms with Crippen molar-refractivity contribution in [3.05, 3.63) is 82.2 Å². The van der Waals surface area contributed by atoms with Gasteiger partial charge in [-0.05, 0) is 36.4 Å². The van der Waals surface area contributed by atoms with Gasteiger partial charge in [0.25, 0.3) is 11.6 Å². The van der Waals surface area contributed by atoms with Gasteiger partial charge in [-0.1, -0.05) is 6.07 Å². The van der Waals surface area contributed by atoms with Crippen LogP contribution in [0, 0.1) is 10.1 Å². The molecule has 3 rings (SSSR count). The molecule has 12 heteroatoms. The summed E-state index contributed by atoms with van der Waals surface area (Å²) in [6.45, 7) is -0.448. The van der Waals surface area contributed by atoms with E-state index >= 15 is 0 Å². The molecule has 2 aromatic carbocycles. The molecule has 0 saturated heterocycles. The zero-order valence-electron chi connectivity index (χ0n) is 16.3. The third-order valence-corrected chi connectivity index (χ3v) is 4.25. The van der Waals surface area contributed by atoms with Crippen LogP contribution in [0.5, 0.6) is 5.75 Å². The Morgan fingerprint density at radius 3 is 2.59 bits per heavy atom. The van der Waals surface area contributed by atoms with Gasteiger partial charge in [-0.2, -0.15) is 18.3 Å². The van der Waals surface area contributed by atoms with Crippen LogP contribution in [0.3, 0.4) is 0 Å². The number of halogens is 3. The Balaban J connectivity index is 1.50. The normalized spacial score (nSPS) is 12.2. The number of alkyl halides is 3. The van der Waals surface area contributed by atoms with E-state index in [2.05, 4.69) is 10.4 Å². The molecule has 9 nitrogen and oxygen atoms in total. The number of carbonyl (C=O) groups is 1. The van der Waals surface area contributed by atoms with Gasteiger partial charge in [0.05, 0.1) is 16.2 Å². The minimum Gasteiger partial charge on any atom is -0.491 e. The number of nitro groups is 1. The van der Waals surface area contributed by atoms with Gasteiger partial charge < -0.3 is 15.2 Å². The summed E-state index contributed by atoms with van der Waals surface area (Å²) in [7, 11) is 0. The molecule has 0 bridgehead atoms. The van der Waals surface area contributed by atoms with Crippen molar-refractivity contribution >= 4 is 11.6 Å². The molecule has 32 heavy (non-hydrogen) atoms. The zero-order chi connectivity index (χ0) is 23.3. The number of rotatable bonds is 8. The lowest BCUT2D eigenvalue weighted by Crippen LogP contribution is -2.35. The van der Waals surface area contributed by atoms with Crippen molar-refractivity contribution in [1.29, 1.82) is 0 Å². The second kappa shape index (κ2) is 9.47. The molecule has 0 aliphatic carbocycles. The molecule has 0 aliphatic rings. The minimum absolute atomic E-state index is 0.0207. The van der Waals surface area contributed by atoms with Crippen LogP contribution in [-0.2, 0) is 6.18 Å². The number of non-ortho nitro benzene ring substituents is 1. The second-order valence-corrected chi connectivity index (χ2v) is 6.62. The number of ether oxygens (including phenoxy) is 1. The van der Waals surface area contributed by atoms with E-state index in [-0.39, 0.29) is 30.3 Å². The Morgan fingerprint density at radius 1 is 1.22 bits per heavy atom. The van der Waals surface area contributed by atoms with Crippen molar-refractivity contribution in [2.75, 3.05) is 13.2 Å². The molecule has 0 saturated carbocycles. The molecular weight excluding hydrogens is 433 g/mol. The summed E-state index contributed by atoms with van der Waals surface area (Å²) < 4.78 is 44.1. The number of nitro benzene ring substituents is 1. The average molecular weight is 450 g/mol. The SMILES string of the molecule is O=C(NCC(O)COc1ccc(C(F)(F)F)cc1)c1ccn(-c2cccc([N+](=O)[O-])c2)n1. The highest BCUT2D eigenvalue weighted by Crippen LogP contribution is 2.30. The van der Waals surface area contributed by atoms with Gasteiger partial charge in [0.2, 0.25) is 0 Å². The summed E-state index contributed by atoms with van der Waals surface area (Å²) in [6.07, 6.45) is -4.12. The van der Waals surface area contributed by atoms with E-state index < -0.39 is 28.7 Å². The molecule has 1 atom stereocenters. The van der Waals surface area contributed by atoms with Crippen LogP contribution in [0.25, 0.3) is 5.69 Å². The largest absolute Gasteiger partial charge is 0.491 e. The second-order valence-electron chi connectivity index (χ2n) is 6.62. The topological polar surface area (TPSA) is 120 Å². The number of aliphatic hydroxyl groups excluding tert-OH is 1. The van der Waals surface area contributed by atoms with Crippen molar-refractivity contribution in [1.82, 2.24) is 15.1 Å². The number of nitrogens with one attached hydrogen (secondary N) is 1. The van der Waals surface area contributed by atoms with Crippen molar-refractivity contribution in [3.8, 4) is 11.4 Å². The monoisotopic (exact) mass is 450 g/mol. The van der Waals surface area contributed by atoms with Crippen molar-refractivity contribution in [3.63, 3.8) is 0 Å². The van der Waals surface area contributed by atoms with E-state index in [0.29, 0.717) is 5.69 Å². The van der Waals surface area contributed by atoms with Crippen molar-refractivity contribution in [2.24, 2.45) is 0 Å². The van der Waals surface area contributed by atoms with E-state index in [1.807, 2.05) is 0 Å². The molecule has 0 radical (unpaired) electrons. The van der Waals surface area contributed by atoms with Gasteiger partial charge in [0, 0.05) is 24.9 Å². The summed E-state index contributed by atoms with van der Waals surface area (Å²) in [4.78, 5) is 22.6. The number of amides is 1. The lowest BCUT2D eigenvalue weighted by atomic mass is 10.2. The smallest absolute Gasteiger partial charge is 0.416 e. The van der Waals surface area contributed by atoms with Gasteiger partial charge in [-0.15, -0.1) is 0 Å². The van der Waals surface area contributed by atoms with E-state index in [1.54, 1.807) is 6.07 Å². The molecule has 3 aromatic rings. The number of hydrogen-bond acceptors (Lipinski definition) is 6. The molecule has 168 valence electrons. The predicted octanol–water partition coefficient (Wildman–Crippen LogP) is 2.97. The maximum atomic E-state index is 12.5. The minimum atomic E-state index is -4.45. The highest BCUT2D eigenvalue weighted by molar-refractivity contribution is 5.92. The van der Waals surface area contributed by atoms with Crippen LogP contribution in [0.15, 0.2) is 60.8 Å². The number of aromatic nitrogens is 2. The lowest BCUT2D eigenvalue weighted by Gasteiger charge is -2.13. The lowest BCUT2D eigenvalue weighted by molar-refractivity contribution is -0.384. The van der Waals surface area contributed by atoms with Crippen molar-refractivity contribution < 1.29 is 32.7 Å². The summed E-state index contributed by atoms with van der Waals surface area (Å²) in [5.74, 6) is -0.457. The average Bonchev–Trinajstić information content (AvgIpc) is 3.26. The highest BCUT2D eigenvalue weighted by Gasteiger charge is 2.30. The van der Waals surface area contributed by atoms with Crippen LogP contribution in [-0.4, -0.2) is 45.0 Å². The fraction of sp³-hybridized carbons (Fsp3) is 0.200. The number of carbonyl (C=O) groups excluding carboxylic acids is 1. The number of hydrogen-bond donors (Lipinski definition) is 2. The third-order valence-electron chi connectivity index (χ3n) is 4.25. The zero-order valence-corrected chi connectivity index (χ0v) is 16.3. The van der Waals surface area contributed by atoms with Gasteiger partial charge in [0.15, 0.2) is 5.69 Å². The van der Waals surface area contributed by atoms with E-state index in [1.165, 1.54) is 35.1 Å². The molecule has 0 aliphatic heterocycles. The number of benzene rings is 2. The fourth-order valence-electron chi connectivity index (χ4n) is 2.63. The maximum Gasteiger partial charge on any atom is 0.416 e. The molecule has 1 aromatic heterocycles. The Labute approximate surface area is 179 Å². The van der Waals surface area contributed by atoms with Crippen LogP contribution in [0.4, 0.5) is 18.9 Å². The van der Waals surface area contributed by atoms with Crippen LogP contribution < -0.4 is 10.1 Å². The van der Waals surface area contributed by atoms with Gasteiger partial charge in [0.1, 0.15) is 18.5 Å². The maximum absolute atomic E-state index is 12.5. The molecule has 1 unspecified atom stereocenters. The Bertz CT molecular complexity index is 1100. The Kier molecular flexibility index (Phi) is 6.73. The first-order chi connectivity index (χ1) is 15.1. The molecule has 0 spiro atoms. The first-order valence-corrected chi connectivity index (χ1v) is 9.20. The molecular formula is C20H17F3N4O5. The first-order valence-electron chi connectivity index (χ1n) is 9.20. The van der Waals surface area contributed by atoms with Crippen LogP contribution in [0.1, 0.15) is 16.1 Å². The first kappa shape index (κ1) is 22.7. The van der Waals surface area contributed by atoms with Crippen LogP contribution >= 0.6 is 0 Å². The van der Waals surface area contributed by atoms with Gasteiger partial charge in [-0.3, -0.25) is 14.9 Å². The summed E-state index contributed by atoms with van der Waals surface area (Å²) in [5.41, 5.74) is -0.530. The Morgan fingerprint density at radius 2 is 1.94 bits per heavy atom. The predicted molar refractivity (Wildman–Crippen MR) is 105 cm³/mol. The third kappa shape index (κ3) is 5.82. The van der Waals surface area contributed by atoms with E-state index in [4.69, 9.17) is 4.74 Å². The van der Waals surface area contributed by atoms with Crippen LogP contribution in [0.2, 0.25) is 0 Å². The molecule has 2 N–H and O–H groups in total. The molecule has 0 fully saturated rings. The van der Waals surface area contributed by atoms with E-state index in [0.717, 1.165) is 24.3 Å². The molecule has 1 amide bonds. The number of aliphatic hydroxyl groups is 1.